The fourth-order valence-electron chi connectivity index (χ4n) is 1.72. The van der Waals surface area contributed by atoms with Crippen LogP contribution in [-0.4, -0.2) is 51.2 Å². The molecule has 1 atom stereocenters. The SMILES string of the molecule is CCN=CCCSCSC[C@H](NC(=O)OC(C)(C)C)c1nc(C)no1. The van der Waals surface area contributed by atoms with Crippen molar-refractivity contribution in [3.63, 3.8) is 0 Å². The molecule has 1 aromatic rings. The molecular weight excluding hydrogens is 360 g/mol. The van der Waals surface area contributed by atoms with Gasteiger partial charge in [0.25, 0.3) is 0 Å². The number of thioether (sulfide) groups is 2. The first kappa shape index (κ1) is 21.8. The van der Waals surface area contributed by atoms with Crippen LogP contribution in [0.25, 0.3) is 0 Å². The average molecular weight is 389 g/mol. The molecule has 1 rings (SSSR count). The third-order valence-electron chi connectivity index (χ3n) is 2.69. The van der Waals surface area contributed by atoms with E-state index in [1.807, 2.05) is 45.7 Å². The highest BCUT2D eigenvalue weighted by Gasteiger charge is 2.24. The lowest BCUT2D eigenvalue weighted by atomic mass is 10.2. The van der Waals surface area contributed by atoms with E-state index in [0.717, 1.165) is 23.8 Å². The monoisotopic (exact) mass is 388 g/mol. The van der Waals surface area contributed by atoms with Crippen LogP contribution >= 0.6 is 23.5 Å². The Kier molecular flexibility index (Phi) is 9.96. The first-order chi connectivity index (χ1) is 11.8. The molecule has 1 aromatic heterocycles. The predicted octanol–water partition coefficient (Wildman–Crippen LogP) is 3.85. The third kappa shape index (κ3) is 10.4. The van der Waals surface area contributed by atoms with Gasteiger partial charge in [-0.15, -0.1) is 11.8 Å². The van der Waals surface area contributed by atoms with E-state index in [2.05, 4.69) is 20.4 Å². The van der Waals surface area contributed by atoms with E-state index in [1.54, 1.807) is 18.7 Å². The number of carbonyl (C=O) groups is 1. The fraction of sp³-hybridized carbons (Fsp3) is 0.750. The molecule has 7 nitrogen and oxygen atoms in total. The highest BCUT2D eigenvalue weighted by atomic mass is 32.2. The van der Waals surface area contributed by atoms with Gasteiger partial charge < -0.3 is 14.6 Å². The van der Waals surface area contributed by atoms with Crippen LogP contribution < -0.4 is 5.32 Å². The predicted molar refractivity (Wildman–Crippen MR) is 105 cm³/mol. The van der Waals surface area contributed by atoms with Crippen LogP contribution in [0.2, 0.25) is 0 Å². The number of nitrogens with zero attached hydrogens (tertiary/aromatic N) is 3. The lowest BCUT2D eigenvalue weighted by molar-refractivity contribution is 0.0500. The standard InChI is InChI=1S/C16H28N4O3S2/c1-6-17-8-7-9-24-11-25-10-13(14-18-12(2)20-23-14)19-15(21)22-16(3,4)5/h8,13H,6-7,9-11H2,1-5H3,(H,19,21)/t13-/m0/s1. The first-order valence-electron chi connectivity index (χ1n) is 8.25. The Morgan fingerprint density at radius 1 is 1.44 bits per heavy atom. The number of rotatable bonds is 10. The van der Waals surface area contributed by atoms with Crippen LogP contribution in [0.15, 0.2) is 9.52 Å². The molecule has 0 aliphatic rings. The van der Waals surface area contributed by atoms with Gasteiger partial charge in [0.05, 0.1) is 0 Å². The second-order valence-corrected chi connectivity index (χ2v) is 8.75. The number of nitrogens with one attached hydrogen (secondary N) is 1. The maximum atomic E-state index is 12.0. The summed E-state index contributed by atoms with van der Waals surface area (Å²) in [5.74, 6) is 2.61. The lowest BCUT2D eigenvalue weighted by Crippen LogP contribution is -2.36. The summed E-state index contributed by atoms with van der Waals surface area (Å²) in [5, 5.41) is 7.53. The van der Waals surface area contributed by atoms with Crippen LogP contribution in [0.3, 0.4) is 0 Å². The first-order valence-corrected chi connectivity index (χ1v) is 10.6. The molecule has 0 unspecified atom stereocenters. The molecule has 142 valence electrons. The average Bonchev–Trinajstić information content (AvgIpc) is 2.93. The van der Waals surface area contributed by atoms with E-state index in [-0.39, 0.29) is 6.04 Å². The van der Waals surface area contributed by atoms with Gasteiger partial charge in [-0.3, -0.25) is 4.99 Å². The number of alkyl carbamates (subject to hydrolysis) is 1. The van der Waals surface area contributed by atoms with Crippen molar-refractivity contribution in [2.45, 2.75) is 52.7 Å². The van der Waals surface area contributed by atoms with Crippen molar-refractivity contribution in [2.75, 3.05) is 23.1 Å². The zero-order chi connectivity index (χ0) is 18.7. The number of carbonyl (C=O) groups excluding carboxylic acids is 1. The summed E-state index contributed by atoms with van der Waals surface area (Å²) in [7, 11) is 0. The van der Waals surface area contributed by atoms with Gasteiger partial charge in [0, 0.05) is 17.4 Å². The number of aryl methyl sites for hydroxylation is 1. The number of aliphatic imine (C=N–C) groups is 1. The number of amides is 1. The molecule has 25 heavy (non-hydrogen) atoms. The Morgan fingerprint density at radius 2 is 2.20 bits per heavy atom. The number of hydrogen-bond acceptors (Lipinski definition) is 8. The topological polar surface area (TPSA) is 89.6 Å². The number of hydrogen-bond donors (Lipinski definition) is 1. The molecule has 1 amide bonds. The Bertz CT molecular complexity index is 544. The second kappa shape index (κ2) is 11.4. The minimum atomic E-state index is -0.553. The molecule has 0 saturated heterocycles. The maximum absolute atomic E-state index is 12.0. The van der Waals surface area contributed by atoms with Crippen molar-refractivity contribution in [1.29, 1.82) is 0 Å². The zero-order valence-corrected chi connectivity index (χ0v) is 17.2. The summed E-state index contributed by atoms with van der Waals surface area (Å²) in [5.41, 5.74) is -0.553. The minimum Gasteiger partial charge on any atom is -0.444 e. The second-order valence-electron chi connectivity index (χ2n) is 6.25. The van der Waals surface area contributed by atoms with Gasteiger partial charge in [-0.1, -0.05) is 5.16 Å². The van der Waals surface area contributed by atoms with Crippen molar-refractivity contribution in [3.8, 4) is 0 Å². The molecule has 0 bridgehead atoms. The summed E-state index contributed by atoms with van der Waals surface area (Å²) in [6, 6.07) is -0.372. The Hall–Kier alpha value is -1.22. The van der Waals surface area contributed by atoms with Gasteiger partial charge in [0.2, 0.25) is 5.89 Å². The van der Waals surface area contributed by atoms with Crippen molar-refractivity contribution < 1.29 is 14.1 Å². The van der Waals surface area contributed by atoms with E-state index in [4.69, 9.17) is 9.26 Å². The van der Waals surface area contributed by atoms with Gasteiger partial charge in [0.15, 0.2) is 5.82 Å². The van der Waals surface area contributed by atoms with Gasteiger partial charge >= 0.3 is 6.09 Å². The van der Waals surface area contributed by atoms with Crippen LogP contribution in [0.5, 0.6) is 0 Å². The number of aromatic nitrogens is 2. The van der Waals surface area contributed by atoms with E-state index >= 15 is 0 Å². The highest BCUT2D eigenvalue weighted by Crippen LogP contribution is 2.21. The van der Waals surface area contributed by atoms with Gasteiger partial charge in [-0.2, -0.15) is 16.7 Å². The zero-order valence-electron chi connectivity index (χ0n) is 15.6. The number of ether oxygens (including phenoxy) is 1. The molecule has 0 spiro atoms. The van der Waals surface area contributed by atoms with Crippen molar-refractivity contribution in [1.82, 2.24) is 15.5 Å². The molecule has 1 heterocycles. The molecular formula is C16H28N4O3S2. The Balaban J connectivity index is 2.44. The van der Waals surface area contributed by atoms with Crippen LogP contribution in [-0.2, 0) is 4.74 Å². The largest absolute Gasteiger partial charge is 0.444 e. The molecule has 1 N–H and O–H groups in total. The Labute approximate surface area is 158 Å². The van der Waals surface area contributed by atoms with Gasteiger partial charge in [-0.05, 0) is 53.0 Å². The van der Waals surface area contributed by atoms with Crippen molar-refractivity contribution in [2.24, 2.45) is 4.99 Å². The van der Waals surface area contributed by atoms with Crippen molar-refractivity contribution >= 4 is 35.8 Å². The van der Waals surface area contributed by atoms with E-state index < -0.39 is 11.7 Å². The molecule has 0 aromatic carbocycles. The van der Waals surface area contributed by atoms with E-state index in [9.17, 15) is 4.79 Å². The summed E-state index contributed by atoms with van der Waals surface area (Å²) >= 11 is 3.55. The quantitative estimate of drug-likeness (QED) is 0.370. The lowest BCUT2D eigenvalue weighted by Gasteiger charge is -2.22. The van der Waals surface area contributed by atoms with E-state index in [0.29, 0.717) is 17.5 Å². The smallest absolute Gasteiger partial charge is 0.408 e. The van der Waals surface area contributed by atoms with Gasteiger partial charge in [-0.25, -0.2) is 4.79 Å². The summed E-state index contributed by atoms with van der Waals surface area (Å²) in [4.78, 5) is 20.4. The summed E-state index contributed by atoms with van der Waals surface area (Å²) < 4.78 is 10.5. The highest BCUT2D eigenvalue weighted by molar-refractivity contribution is 8.15. The Morgan fingerprint density at radius 3 is 2.80 bits per heavy atom. The summed E-state index contributed by atoms with van der Waals surface area (Å²) in [6.07, 6.45) is 2.45. The molecule has 0 fully saturated rings. The summed E-state index contributed by atoms with van der Waals surface area (Å²) in [6.45, 7) is 10.1. The van der Waals surface area contributed by atoms with E-state index in [1.165, 1.54) is 0 Å². The molecule has 0 radical (unpaired) electrons. The van der Waals surface area contributed by atoms with Crippen LogP contribution in [0, 0.1) is 6.92 Å². The third-order valence-corrected chi connectivity index (χ3v) is 5.11. The molecule has 0 aliphatic carbocycles. The fourth-order valence-corrected chi connectivity index (χ4v) is 3.78. The molecule has 0 aliphatic heterocycles. The molecule has 9 heteroatoms. The maximum Gasteiger partial charge on any atom is 0.408 e. The molecule has 0 saturated carbocycles. The minimum absolute atomic E-state index is 0.372. The van der Waals surface area contributed by atoms with Crippen molar-refractivity contribution in [3.05, 3.63) is 11.7 Å². The normalized spacial score (nSPS) is 13.2. The van der Waals surface area contributed by atoms with Crippen LogP contribution in [0.4, 0.5) is 4.79 Å². The van der Waals surface area contributed by atoms with Gasteiger partial charge in [0.1, 0.15) is 11.6 Å². The van der Waals surface area contributed by atoms with Crippen LogP contribution in [0.1, 0.15) is 51.9 Å².